The van der Waals surface area contributed by atoms with E-state index in [4.69, 9.17) is 4.74 Å². The van der Waals surface area contributed by atoms with Crippen LogP contribution in [-0.2, 0) is 0 Å². The van der Waals surface area contributed by atoms with Gasteiger partial charge in [0.25, 0.3) is 11.8 Å². The maximum Gasteiger partial charge on any atom is 0.255 e. The number of hydrogen-bond donors (Lipinski definition) is 1. The van der Waals surface area contributed by atoms with Crippen molar-refractivity contribution in [1.29, 1.82) is 0 Å². The standard InChI is InChI=1S/C25H25N3O3/c1-27-14-16-28(17-15-27)25(30)19-10-12-21(13-11-19)26-24(29)20-6-5-9-23(18-20)31-22-7-3-2-4-8-22/h2-13,18H,14-17H2,1H3,(H,26,29). The van der Waals surface area contributed by atoms with Gasteiger partial charge < -0.3 is 19.9 Å². The minimum absolute atomic E-state index is 0.0248. The number of hydrogen-bond acceptors (Lipinski definition) is 4. The van der Waals surface area contributed by atoms with Crippen LogP contribution in [0.4, 0.5) is 5.69 Å². The molecule has 1 saturated heterocycles. The van der Waals surface area contributed by atoms with E-state index in [2.05, 4.69) is 17.3 Å². The summed E-state index contributed by atoms with van der Waals surface area (Å²) in [5, 5.41) is 2.87. The Balaban J connectivity index is 1.38. The van der Waals surface area contributed by atoms with Crippen LogP contribution in [0, 0.1) is 0 Å². The van der Waals surface area contributed by atoms with E-state index < -0.39 is 0 Å². The molecule has 3 aromatic carbocycles. The number of amides is 2. The van der Waals surface area contributed by atoms with Crippen molar-refractivity contribution in [3.63, 3.8) is 0 Å². The number of piperazine rings is 1. The van der Waals surface area contributed by atoms with E-state index in [9.17, 15) is 9.59 Å². The van der Waals surface area contributed by atoms with Crippen molar-refractivity contribution in [3.05, 3.63) is 90.0 Å². The second kappa shape index (κ2) is 9.45. The van der Waals surface area contributed by atoms with E-state index >= 15 is 0 Å². The van der Waals surface area contributed by atoms with Crippen LogP contribution in [-0.4, -0.2) is 54.8 Å². The molecule has 1 N–H and O–H groups in total. The van der Waals surface area contributed by atoms with Gasteiger partial charge in [0, 0.05) is 43.0 Å². The molecule has 1 aliphatic rings. The summed E-state index contributed by atoms with van der Waals surface area (Å²) in [6.07, 6.45) is 0. The highest BCUT2D eigenvalue weighted by atomic mass is 16.5. The van der Waals surface area contributed by atoms with E-state index in [0.717, 1.165) is 26.2 Å². The number of rotatable bonds is 5. The number of anilines is 1. The maximum atomic E-state index is 12.7. The quantitative estimate of drug-likeness (QED) is 0.681. The Bertz CT molecular complexity index is 1040. The average molecular weight is 415 g/mol. The van der Waals surface area contributed by atoms with Crippen molar-refractivity contribution in [1.82, 2.24) is 9.80 Å². The summed E-state index contributed by atoms with van der Waals surface area (Å²) >= 11 is 0. The monoisotopic (exact) mass is 415 g/mol. The number of para-hydroxylation sites is 1. The Morgan fingerprint density at radius 3 is 2.16 bits per heavy atom. The van der Waals surface area contributed by atoms with Gasteiger partial charge in [0.05, 0.1) is 0 Å². The maximum absolute atomic E-state index is 12.7. The van der Waals surface area contributed by atoms with Crippen LogP contribution >= 0.6 is 0 Å². The van der Waals surface area contributed by atoms with Gasteiger partial charge in [0.15, 0.2) is 0 Å². The summed E-state index contributed by atoms with van der Waals surface area (Å²) in [6, 6.07) is 23.5. The van der Waals surface area contributed by atoms with Crippen molar-refractivity contribution in [2.45, 2.75) is 0 Å². The zero-order valence-corrected chi connectivity index (χ0v) is 17.5. The molecule has 6 nitrogen and oxygen atoms in total. The molecule has 0 aliphatic carbocycles. The number of carbonyl (C=O) groups excluding carboxylic acids is 2. The minimum Gasteiger partial charge on any atom is -0.457 e. The summed E-state index contributed by atoms with van der Waals surface area (Å²) in [5.41, 5.74) is 1.75. The first-order valence-corrected chi connectivity index (χ1v) is 10.3. The zero-order valence-electron chi connectivity index (χ0n) is 17.5. The van der Waals surface area contributed by atoms with E-state index in [1.807, 2.05) is 41.3 Å². The molecule has 0 atom stereocenters. The third-order valence-corrected chi connectivity index (χ3v) is 5.26. The lowest BCUT2D eigenvalue weighted by atomic mass is 10.1. The Hall–Kier alpha value is -3.64. The highest BCUT2D eigenvalue weighted by molar-refractivity contribution is 6.04. The highest BCUT2D eigenvalue weighted by Gasteiger charge is 2.20. The van der Waals surface area contributed by atoms with Crippen LogP contribution in [0.2, 0.25) is 0 Å². The fraction of sp³-hybridized carbons (Fsp3) is 0.200. The van der Waals surface area contributed by atoms with Gasteiger partial charge in [-0.25, -0.2) is 0 Å². The number of nitrogens with one attached hydrogen (secondary N) is 1. The van der Waals surface area contributed by atoms with E-state index in [1.54, 1.807) is 42.5 Å². The lowest BCUT2D eigenvalue weighted by molar-refractivity contribution is 0.0664. The van der Waals surface area contributed by atoms with Gasteiger partial charge >= 0.3 is 0 Å². The predicted molar refractivity (Wildman–Crippen MR) is 121 cm³/mol. The van der Waals surface area contributed by atoms with Crippen molar-refractivity contribution < 1.29 is 14.3 Å². The zero-order chi connectivity index (χ0) is 21.6. The lowest BCUT2D eigenvalue weighted by Crippen LogP contribution is -2.47. The molecular formula is C25H25N3O3. The third kappa shape index (κ3) is 5.29. The Morgan fingerprint density at radius 1 is 0.774 bits per heavy atom. The predicted octanol–water partition coefficient (Wildman–Crippen LogP) is 4.12. The van der Waals surface area contributed by atoms with Gasteiger partial charge in [-0.1, -0.05) is 24.3 Å². The molecule has 0 unspecified atom stereocenters. The summed E-state index contributed by atoms with van der Waals surface area (Å²) in [7, 11) is 2.06. The number of likely N-dealkylation sites (N-methyl/N-ethyl adjacent to an activating group) is 1. The van der Waals surface area contributed by atoms with Crippen LogP contribution < -0.4 is 10.1 Å². The number of carbonyl (C=O) groups is 2. The smallest absolute Gasteiger partial charge is 0.255 e. The van der Waals surface area contributed by atoms with Gasteiger partial charge in [-0.3, -0.25) is 9.59 Å². The molecule has 1 heterocycles. The average Bonchev–Trinajstić information content (AvgIpc) is 2.80. The summed E-state index contributed by atoms with van der Waals surface area (Å²) in [5.74, 6) is 1.08. The molecule has 158 valence electrons. The molecule has 4 rings (SSSR count). The van der Waals surface area contributed by atoms with Gasteiger partial charge in [-0.05, 0) is 61.6 Å². The van der Waals surface area contributed by atoms with Crippen molar-refractivity contribution >= 4 is 17.5 Å². The molecule has 0 bridgehead atoms. The van der Waals surface area contributed by atoms with E-state index in [0.29, 0.717) is 28.3 Å². The molecule has 3 aromatic rings. The Labute approximate surface area is 182 Å². The highest BCUT2D eigenvalue weighted by Crippen LogP contribution is 2.22. The fourth-order valence-corrected chi connectivity index (χ4v) is 3.42. The van der Waals surface area contributed by atoms with Gasteiger partial charge in [-0.15, -0.1) is 0 Å². The van der Waals surface area contributed by atoms with E-state index in [1.165, 1.54) is 0 Å². The van der Waals surface area contributed by atoms with Crippen molar-refractivity contribution in [2.75, 3.05) is 38.5 Å². The van der Waals surface area contributed by atoms with Crippen molar-refractivity contribution in [2.24, 2.45) is 0 Å². The summed E-state index contributed by atoms with van der Waals surface area (Å²) in [6.45, 7) is 3.23. The first-order valence-electron chi connectivity index (χ1n) is 10.3. The molecule has 0 spiro atoms. The molecule has 1 fully saturated rings. The van der Waals surface area contributed by atoms with Gasteiger partial charge in [-0.2, -0.15) is 0 Å². The first-order chi connectivity index (χ1) is 15.1. The van der Waals surface area contributed by atoms with Crippen LogP contribution in [0.15, 0.2) is 78.9 Å². The molecule has 0 saturated carbocycles. The minimum atomic E-state index is -0.239. The number of nitrogens with zero attached hydrogens (tertiary/aromatic N) is 2. The van der Waals surface area contributed by atoms with Gasteiger partial charge in [0.2, 0.25) is 0 Å². The normalized spacial score (nSPS) is 14.2. The van der Waals surface area contributed by atoms with Crippen LogP contribution in [0.25, 0.3) is 0 Å². The van der Waals surface area contributed by atoms with Crippen LogP contribution in [0.3, 0.4) is 0 Å². The molecule has 2 amide bonds. The topological polar surface area (TPSA) is 61.9 Å². The fourth-order valence-electron chi connectivity index (χ4n) is 3.42. The SMILES string of the molecule is CN1CCN(C(=O)c2ccc(NC(=O)c3cccc(Oc4ccccc4)c3)cc2)CC1. The summed E-state index contributed by atoms with van der Waals surface area (Å²) < 4.78 is 5.80. The summed E-state index contributed by atoms with van der Waals surface area (Å²) in [4.78, 5) is 29.4. The molecular weight excluding hydrogens is 390 g/mol. The number of ether oxygens (including phenoxy) is 1. The number of benzene rings is 3. The Morgan fingerprint density at radius 2 is 1.45 bits per heavy atom. The third-order valence-electron chi connectivity index (χ3n) is 5.26. The molecule has 6 heteroatoms. The van der Waals surface area contributed by atoms with Crippen LogP contribution in [0.1, 0.15) is 20.7 Å². The first kappa shape index (κ1) is 20.6. The van der Waals surface area contributed by atoms with Gasteiger partial charge in [0.1, 0.15) is 11.5 Å². The van der Waals surface area contributed by atoms with Crippen LogP contribution in [0.5, 0.6) is 11.5 Å². The molecule has 1 aliphatic heterocycles. The molecule has 0 aromatic heterocycles. The second-order valence-corrected chi connectivity index (χ2v) is 7.57. The molecule has 31 heavy (non-hydrogen) atoms. The largest absolute Gasteiger partial charge is 0.457 e. The lowest BCUT2D eigenvalue weighted by Gasteiger charge is -2.32. The van der Waals surface area contributed by atoms with E-state index in [-0.39, 0.29) is 11.8 Å². The Kier molecular flexibility index (Phi) is 6.29. The molecule has 0 radical (unpaired) electrons. The van der Waals surface area contributed by atoms with Crippen molar-refractivity contribution in [3.8, 4) is 11.5 Å². The second-order valence-electron chi connectivity index (χ2n) is 7.57.